The van der Waals surface area contributed by atoms with Crippen molar-refractivity contribution in [2.24, 2.45) is 0 Å². The number of anilines is 1. The van der Waals surface area contributed by atoms with Crippen LogP contribution in [-0.2, 0) is 22.6 Å². The van der Waals surface area contributed by atoms with Crippen molar-refractivity contribution in [2.75, 3.05) is 4.90 Å². The van der Waals surface area contributed by atoms with Crippen LogP contribution in [0, 0.1) is 6.92 Å². The minimum absolute atomic E-state index is 0.119. The summed E-state index contributed by atoms with van der Waals surface area (Å²) in [4.78, 5) is 29.9. The van der Waals surface area contributed by atoms with Crippen molar-refractivity contribution in [3.8, 4) is 0 Å². The monoisotopic (exact) mass is 454 g/mol. The summed E-state index contributed by atoms with van der Waals surface area (Å²) in [7, 11) is 0. The molecule has 4 nitrogen and oxygen atoms in total. The van der Waals surface area contributed by atoms with Gasteiger partial charge in [-0.05, 0) is 47.2 Å². The first-order valence-corrected chi connectivity index (χ1v) is 11.8. The van der Waals surface area contributed by atoms with Crippen molar-refractivity contribution >= 4 is 28.8 Å². The van der Waals surface area contributed by atoms with E-state index < -0.39 is 6.04 Å². The Morgan fingerprint density at radius 3 is 2.27 bits per heavy atom. The van der Waals surface area contributed by atoms with Gasteiger partial charge in [-0.25, -0.2) is 0 Å². The number of thiophene rings is 1. The van der Waals surface area contributed by atoms with Gasteiger partial charge in [0, 0.05) is 17.1 Å². The zero-order valence-electron chi connectivity index (χ0n) is 18.5. The van der Waals surface area contributed by atoms with Crippen LogP contribution >= 0.6 is 11.3 Å². The Hall–Kier alpha value is -3.70. The first-order chi connectivity index (χ1) is 16.1. The summed E-state index contributed by atoms with van der Waals surface area (Å²) in [5.41, 5.74) is 3.51. The second-order valence-corrected chi connectivity index (χ2v) is 8.91. The van der Waals surface area contributed by atoms with Gasteiger partial charge in [-0.15, -0.1) is 11.3 Å². The number of amides is 2. The zero-order valence-corrected chi connectivity index (χ0v) is 19.3. The molecule has 0 bridgehead atoms. The van der Waals surface area contributed by atoms with Gasteiger partial charge < -0.3 is 5.32 Å². The number of benzene rings is 3. The van der Waals surface area contributed by atoms with Crippen molar-refractivity contribution in [1.82, 2.24) is 5.32 Å². The molecule has 0 aliphatic carbocycles. The molecule has 0 saturated heterocycles. The zero-order chi connectivity index (χ0) is 23.0. The van der Waals surface area contributed by atoms with E-state index in [1.54, 1.807) is 16.2 Å². The van der Waals surface area contributed by atoms with E-state index in [1.165, 1.54) is 0 Å². The molecule has 4 rings (SSSR count). The fourth-order valence-electron chi connectivity index (χ4n) is 3.80. The molecule has 33 heavy (non-hydrogen) atoms. The van der Waals surface area contributed by atoms with E-state index in [-0.39, 0.29) is 18.2 Å². The van der Waals surface area contributed by atoms with Crippen LogP contribution in [0.15, 0.2) is 102 Å². The van der Waals surface area contributed by atoms with E-state index >= 15 is 0 Å². The molecule has 0 saturated carbocycles. The predicted octanol–water partition coefficient (Wildman–Crippen LogP) is 5.69. The maximum atomic E-state index is 13.7. The summed E-state index contributed by atoms with van der Waals surface area (Å²) in [6.45, 7) is 2.38. The fourth-order valence-corrected chi connectivity index (χ4v) is 4.49. The quantitative estimate of drug-likeness (QED) is 0.372. The number of hydrogen-bond donors (Lipinski definition) is 1. The second kappa shape index (κ2) is 10.7. The number of carbonyl (C=O) groups is 2. The molecule has 1 aromatic heterocycles. The van der Waals surface area contributed by atoms with E-state index in [2.05, 4.69) is 5.32 Å². The number of hydrogen-bond acceptors (Lipinski definition) is 3. The topological polar surface area (TPSA) is 49.4 Å². The van der Waals surface area contributed by atoms with Crippen LogP contribution in [0.4, 0.5) is 5.69 Å². The normalized spacial score (nSPS) is 11.5. The molecule has 4 aromatic rings. The molecule has 1 atom stereocenters. The average molecular weight is 455 g/mol. The van der Waals surface area contributed by atoms with Crippen molar-refractivity contribution in [2.45, 2.75) is 25.9 Å². The second-order valence-electron chi connectivity index (χ2n) is 7.88. The Kier molecular flexibility index (Phi) is 7.33. The van der Waals surface area contributed by atoms with Crippen LogP contribution in [0.5, 0.6) is 0 Å². The molecule has 166 valence electrons. The van der Waals surface area contributed by atoms with Gasteiger partial charge in [0.05, 0.1) is 6.42 Å². The highest BCUT2D eigenvalue weighted by Crippen LogP contribution is 2.30. The molecule has 0 spiro atoms. The van der Waals surface area contributed by atoms with E-state index in [0.717, 1.165) is 21.6 Å². The third kappa shape index (κ3) is 5.76. The summed E-state index contributed by atoms with van der Waals surface area (Å²) in [5.74, 6) is -0.335. The molecular weight excluding hydrogens is 428 g/mol. The highest BCUT2D eigenvalue weighted by atomic mass is 32.1. The van der Waals surface area contributed by atoms with E-state index in [9.17, 15) is 9.59 Å². The fraction of sp³-hybridized carbons (Fsp3) is 0.143. The van der Waals surface area contributed by atoms with Gasteiger partial charge >= 0.3 is 0 Å². The molecule has 0 radical (unpaired) electrons. The van der Waals surface area contributed by atoms with Crippen LogP contribution in [0.1, 0.15) is 27.6 Å². The maximum absolute atomic E-state index is 13.7. The van der Waals surface area contributed by atoms with Crippen molar-refractivity contribution in [3.05, 3.63) is 124 Å². The largest absolute Gasteiger partial charge is 0.350 e. The summed E-state index contributed by atoms with van der Waals surface area (Å²) in [5, 5.41) is 5.01. The van der Waals surface area contributed by atoms with Crippen LogP contribution in [0.25, 0.3) is 0 Å². The summed E-state index contributed by atoms with van der Waals surface area (Å²) >= 11 is 1.54. The Morgan fingerprint density at radius 2 is 1.61 bits per heavy atom. The Morgan fingerprint density at radius 1 is 0.879 bits per heavy atom. The average Bonchev–Trinajstić information content (AvgIpc) is 3.35. The smallest absolute Gasteiger partial charge is 0.248 e. The lowest BCUT2D eigenvalue weighted by Crippen LogP contribution is -2.44. The van der Waals surface area contributed by atoms with Gasteiger partial charge in [0.1, 0.15) is 6.04 Å². The molecule has 1 heterocycles. The van der Waals surface area contributed by atoms with E-state index in [4.69, 9.17) is 0 Å². The van der Waals surface area contributed by atoms with Crippen molar-refractivity contribution in [3.63, 3.8) is 0 Å². The minimum Gasteiger partial charge on any atom is -0.350 e. The van der Waals surface area contributed by atoms with E-state index in [0.29, 0.717) is 12.2 Å². The van der Waals surface area contributed by atoms with Gasteiger partial charge in [-0.2, -0.15) is 0 Å². The van der Waals surface area contributed by atoms with Gasteiger partial charge in [0.15, 0.2) is 0 Å². The SMILES string of the molecule is Cc1cccc(N(C(=O)Cc2cccs2)C(C(=O)NCc2ccccc2)c2ccccc2)c1. The Balaban J connectivity index is 1.72. The molecule has 0 aliphatic rings. The lowest BCUT2D eigenvalue weighted by Gasteiger charge is -2.32. The minimum atomic E-state index is -0.788. The number of rotatable bonds is 8. The van der Waals surface area contributed by atoms with Gasteiger partial charge in [-0.3, -0.25) is 14.5 Å². The number of aryl methyl sites for hydroxylation is 1. The summed E-state index contributed by atoms with van der Waals surface area (Å²) in [6, 6.07) is 30.1. The van der Waals surface area contributed by atoms with Crippen molar-refractivity contribution in [1.29, 1.82) is 0 Å². The van der Waals surface area contributed by atoms with Crippen LogP contribution < -0.4 is 10.2 Å². The molecular formula is C28H26N2O2S. The Bertz CT molecular complexity index is 1190. The standard InChI is InChI=1S/C28H26N2O2S/c1-21-10-8-15-24(18-21)30(26(31)19-25-16-9-17-33-25)27(23-13-6-3-7-14-23)28(32)29-20-22-11-4-2-5-12-22/h2-18,27H,19-20H2,1H3,(H,29,32). The summed E-state index contributed by atoms with van der Waals surface area (Å²) in [6.07, 6.45) is 0.237. The molecule has 5 heteroatoms. The number of carbonyl (C=O) groups excluding carboxylic acids is 2. The molecule has 2 amide bonds. The maximum Gasteiger partial charge on any atom is 0.248 e. The first kappa shape index (κ1) is 22.5. The molecule has 0 aliphatic heterocycles. The molecule has 1 unspecified atom stereocenters. The number of nitrogens with zero attached hydrogens (tertiary/aromatic N) is 1. The van der Waals surface area contributed by atoms with Crippen LogP contribution in [0.3, 0.4) is 0 Å². The third-order valence-electron chi connectivity index (χ3n) is 5.39. The molecule has 3 aromatic carbocycles. The van der Waals surface area contributed by atoms with Gasteiger partial charge in [0.25, 0.3) is 0 Å². The predicted molar refractivity (Wildman–Crippen MR) is 134 cm³/mol. The molecule has 0 fully saturated rings. The highest BCUT2D eigenvalue weighted by Gasteiger charge is 2.32. The number of nitrogens with one attached hydrogen (secondary N) is 1. The van der Waals surface area contributed by atoms with Crippen LogP contribution in [0.2, 0.25) is 0 Å². The lowest BCUT2D eigenvalue weighted by atomic mass is 10.0. The van der Waals surface area contributed by atoms with Crippen LogP contribution in [-0.4, -0.2) is 11.8 Å². The Labute approximate surface area is 198 Å². The van der Waals surface area contributed by atoms with Gasteiger partial charge in [-0.1, -0.05) is 78.9 Å². The molecule has 1 N–H and O–H groups in total. The van der Waals surface area contributed by atoms with Crippen molar-refractivity contribution < 1.29 is 9.59 Å². The van der Waals surface area contributed by atoms with Gasteiger partial charge in [0.2, 0.25) is 11.8 Å². The summed E-state index contributed by atoms with van der Waals surface area (Å²) < 4.78 is 0. The first-order valence-electron chi connectivity index (χ1n) is 10.9. The highest BCUT2D eigenvalue weighted by molar-refractivity contribution is 7.10. The third-order valence-corrected chi connectivity index (χ3v) is 6.26. The lowest BCUT2D eigenvalue weighted by molar-refractivity contribution is -0.126. The van der Waals surface area contributed by atoms with E-state index in [1.807, 2.05) is 109 Å².